The van der Waals surface area contributed by atoms with Crippen molar-refractivity contribution < 1.29 is 4.74 Å². The van der Waals surface area contributed by atoms with E-state index >= 15 is 0 Å². The molecule has 0 saturated carbocycles. The van der Waals surface area contributed by atoms with Gasteiger partial charge in [-0.1, -0.05) is 50.1 Å². The Balaban J connectivity index is 2.10. The number of methoxy groups -OCH3 is 1. The lowest BCUT2D eigenvalue weighted by molar-refractivity contribution is 0.398. The van der Waals surface area contributed by atoms with E-state index in [1.54, 1.807) is 7.11 Å². The molecule has 0 radical (unpaired) electrons. The second-order valence-corrected chi connectivity index (χ2v) is 4.84. The largest absolute Gasteiger partial charge is 0.481 e. The third-order valence-electron chi connectivity index (χ3n) is 3.33. The van der Waals surface area contributed by atoms with E-state index in [9.17, 15) is 0 Å². The van der Waals surface area contributed by atoms with Crippen molar-refractivity contribution in [3.05, 3.63) is 54.2 Å². The Labute approximate surface area is 121 Å². The maximum absolute atomic E-state index is 5.08. The summed E-state index contributed by atoms with van der Waals surface area (Å²) in [5.74, 6) is 0.639. The summed E-state index contributed by atoms with van der Waals surface area (Å²) in [5.41, 5.74) is 2.34. The Morgan fingerprint density at radius 1 is 1.15 bits per heavy atom. The molecule has 1 aromatic carbocycles. The molecule has 0 spiro atoms. The van der Waals surface area contributed by atoms with Gasteiger partial charge in [-0.2, -0.15) is 0 Å². The maximum atomic E-state index is 5.08. The first-order valence-corrected chi connectivity index (χ1v) is 7.15. The van der Waals surface area contributed by atoms with E-state index in [2.05, 4.69) is 47.6 Å². The molecule has 0 amide bonds. The highest BCUT2D eigenvalue weighted by molar-refractivity contribution is 5.44. The fourth-order valence-electron chi connectivity index (χ4n) is 2.20. The number of nitrogens with zero attached hydrogens (tertiary/aromatic N) is 1. The van der Waals surface area contributed by atoms with Crippen LogP contribution in [0.25, 0.3) is 0 Å². The molecule has 0 saturated heterocycles. The van der Waals surface area contributed by atoms with Crippen LogP contribution >= 0.6 is 0 Å². The summed E-state index contributed by atoms with van der Waals surface area (Å²) in [6, 6.07) is 14.8. The van der Waals surface area contributed by atoms with E-state index in [1.807, 2.05) is 18.3 Å². The zero-order valence-electron chi connectivity index (χ0n) is 12.2. The van der Waals surface area contributed by atoms with E-state index in [-0.39, 0.29) is 0 Å². The summed E-state index contributed by atoms with van der Waals surface area (Å²) in [7, 11) is 1.63. The summed E-state index contributed by atoms with van der Waals surface area (Å²) < 4.78 is 5.08. The number of unbranched alkanes of at least 4 members (excludes halogenated alkanes) is 1. The molecular weight excluding hydrogens is 248 g/mol. The lowest BCUT2D eigenvalue weighted by Gasteiger charge is -2.20. The second-order valence-electron chi connectivity index (χ2n) is 4.84. The standard InChI is InChI=1S/C17H22N2O/c1-3-4-10-16(14-8-6-5-7-9-14)19-15-11-12-17(20-2)18-13-15/h5-9,11-13,16,19H,3-4,10H2,1-2H3. The highest BCUT2D eigenvalue weighted by Crippen LogP contribution is 2.24. The molecule has 3 heteroatoms. The fraction of sp³-hybridized carbons (Fsp3) is 0.353. The molecule has 20 heavy (non-hydrogen) atoms. The van der Waals surface area contributed by atoms with Gasteiger partial charge in [-0.25, -0.2) is 4.98 Å². The third kappa shape index (κ3) is 3.98. The van der Waals surface area contributed by atoms with Crippen LogP contribution in [-0.2, 0) is 0 Å². The molecule has 0 fully saturated rings. The molecular formula is C17H22N2O. The average molecular weight is 270 g/mol. The van der Waals surface area contributed by atoms with Crippen molar-refractivity contribution in [3.8, 4) is 5.88 Å². The van der Waals surface area contributed by atoms with Crippen molar-refractivity contribution in [1.82, 2.24) is 4.98 Å². The molecule has 0 aliphatic carbocycles. The predicted octanol–water partition coefficient (Wildman–Crippen LogP) is 4.43. The Kier molecular flexibility index (Phi) is 5.42. The highest BCUT2D eigenvalue weighted by atomic mass is 16.5. The summed E-state index contributed by atoms with van der Waals surface area (Å²) >= 11 is 0. The van der Waals surface area contributed by atoms with Crippen molar-refractivity contribution in [1.29, 1.82) is 0 Å². The lowest BCUT2D eigenvalue weighted by Crippen LogP contribution is -2.11. The van der Waals surface area contributed by atoms with Crippen LogP contribution in [0.3, 0.4) is 0 Å². The summed E-state index contributed by atoms with van der Waals surface area (Å²) in [4.78, 5) is 4.24. The number of anilines is 1. The zero-order chi connectivity index (χ0) is 14.2. The van der Waals surface area contributed by atoms with Gasteiger partial charge in [-0.05, 0) is 18.1 Å². The lowest BCUT2D eigenvalue weighted by atomic mass is 10.0. The number of hydrogen-bond donors (Lipinski definition) is 1. The normalized spacial score (nSPS) is 11.9. The molecule has 1 heterocycles. The van der Waals surface area contributed by atoms with Crippen LogP contribution in [0.15, 0.2) is 48.7 Å². The summed E-state index contributed by atoms with van der Waals surface area (Å²) in [6.07, 6.45) is 5.34. The number of ether oxygens (including phenoxy) is 1. The molecule has 2 rings (SSSR count). The van der Waals surface area contributed by atoms with E-state index in [4.69, 9.17) is 4.74 Å². The number of nitrogens with one attached hydrogen (secondary N) is 1. The van der Waals surface area contributed by atoms with E-state index in [0.29, 0.717) is 11.9 Å². The van der Waals surface area contributed by atoms with Gasteiger partial charge in [0.2, 0.25) is 5.88 Å². The molecule has 1 N–H and O–H groups in total. The van der Waals surface area contributed by atoms with Gasteiger partial charge in [0.05, 0.1) is 25.0 Å². The van der Waals surface area contributed by atoms with Crippen LogP contribution in [0.5, 0.6) is 5.88 Å². The Bertz CT molecular complexity index is 496. The topological polar surface area (TPSA) is 34.1 Å². The first-order chi connectivity index (χ1) is 9.83. The molecule has 0 aliphatic rings. The smallest absolute Gasteiger partial charge is 0.213 e. The molecule has 3 nitrogen and oxygen atoms in total. The van der Waals surface area contributed by atoms with Gasteiger partial charge in [-0.15, -0.1) is 0 Å². The molecule has 2 aromatic rings. The number of hydrogen-bond acceptors (Lipinski definition) is 3. The van der Waals surface area contributed by atoms with E-state index in [1.165, 1.54) is 18.4 Å². The summed E-state index contributed by atoms with van der Waals surface area (Å²) in [6.45, 7) is 2.22. The minimum Gasteiger partial charge on any atom is -0.481 e. The number of pyridine rings is 1. The van der Waals surface area contributed by atoms with Crippen molar-refractivity contribution in [2.75, 3.05) is 12.4 Å². The average Bonchev–Trinajstić information content (AvgIpc) is 2.53. The predicted molar refractivity (Wildman–Crippen MR) is 83.1 cm³/mol. The third-order valence-corrected chi connectivity index (χ3v) is 3.33. The maximum Gasteiger partial charge on any atom is 0.213 e. The number of benzene rings is 1. The SMILES string of the molecule is CCCCC(Nc1ccc(OC)nc1)c1ccccc1. The number of rotatable bonds is 7. The van der Waals surface area contributed by atoms with Gasteiger partial charge in [0.25, 0.3) is 0 Å². The molecule has 1 unspecified atom stereocenters. The Morgan fingerprint density at radius 2 is 1.95 bits per heavy atom. The van der Waals surface area contributed by atoms with Gasteiger partial charge in [0.1, 0.15) is 0 Å². The fourth-order valence-corrected chi connectivity index (χ4v) is 2.20. The van der Waals surface area contributed by atoms with Crippen molar-refractivity contribution in [2.45, 2.75) is 32.2 Å². The van der Waals surface area contributed by atoms with Crippen molar-refractivity contribution in [3.63, 3.8) is 0 Å². The van der Waals surface area contributed by atoms with Crippen LogP contribution in [0.2, 0.25) is 0 Å². The highest BCUT2D eigenvalue weighted by Gasteiger charge is 2.10. The second kappa shape index (κ2) is 7.53. The number of aromatic nitrogens is 1. The van der Waals surface area contributed by atoms with Crippen LogP contribution in [0, 0.1) is 0 Å². The molecule has 106 valence electrons. The monoisotopic (exact) mass is 270 g/mol. The van der Waals surface area contributed by atoms with Gasteiger partial charge in [-0.3, -0.25) is 0 Å². The van der Waals surface area contributed by atoms with Crippen LogP contribution in [-0.4, -0.2) is 12.1 Å². The molecule has 1 atom stereocenters. The molecule has 0 bridgehead atoms. The van der Waals surface area contributed by atoms with Crippen LogP contribution < -0.4 is 10.1 Å². The van der Waals surface area contributed by atoms with Gasteiger partial charge < -0.3 is 10.1 Å². The van der Waals surface area contributed by atoms with Gasteiger partial charge in [0, 0.05) is 6.07 Å². The van der Waals surface area contributed by atoms with Gasteiger partial charge in [0.15, 0.2) is 0 Å². The van der Waals surface area contributed by atoms with Crippen LogP contribution in [0.4, 0.5) is 5.69 Å². The first kappa shape index (κ1) is 14.4. The Hall–Kier alpha value is -2.03. The summed E-state index contributed by atoms with van der Waals surface area (Å²) in [5, 5.41) is 3.56. The van der Waals surface area contributed by atoms with Crippen molar-refractivity contribution in [2.24, 2.45) is 0 Å². The van der Waals surface area contributed by atoms with E-state index < -0.39 is 0 Å². The van der Waals surface area contributed by atoms with E-state index in [0.717, 1.165) is 12.1 Å². The molecule has 0 aliphatic heterocycles. The minimum atomic E-state index is 0.325. The quantitative estimate of drug-likeness (QED) is 0.808. The van der Waals surface area contributed by atoms with Gasteiger partial charge >= 0.3 is 0 Å². The first-order valence-electron chi connectivity index (χ1n) is 7.15. The Morgan fingerprint density at radius 3 is 2.55 bits per heavy atom. The zero-order valence-corrected chi connectivity index (χ0v) is 12.2. The van der Waals surface area contributed by atoms with Crippen molar-refractivity contribution >= 4 is 5.69 Å². The minimum absolute atomic E-state index is 0.325. The van der Waals surface area contributed by atoms with Crippen LogP contribution in [0.1, 0.15) is 37.8 Å². The molecule has 1 aromatic heterocycles.